The van der Waals surface area contributed by atoms with Gasteiger partial charge in [0.05, 0.1) is 11.0 Å². The van der Waals surface area contributed by atoms with Gasteiger partial charge in [-0.1, -0.05) is 0 Å². The quantitative estimate of drug-likeness (QED) is 0.890. The minimum atomic E-state index is -4.49. The molecule has 1 aliphatic carbocycles. The van der Waals surface area contributed by atoms with E-state index in [4.69, 9.17) is 5.11 Å². The minimum Gasteiger partial charge on any atom is -0.481 e. The second-order valence-corrected chi connectivity index (χ2v) is 4.29. The van der Waals surface area contributed by atoms with Crippen molar-refractivity contribution in [3.05, 3.63) is 29.6 Å². The van der Waals surface area contributed by atoms with Crippen LogP contribution in [-0.4, -0.2) is 16.1 Å². The van der Waals surface area contributed by atoms with Crippen LogP contribution in [0.2, 0.25) is 0 Å². The summed E-state index contributed by atoms with van der Waals surface area (Å²) in [5.74, 6) is -1.03. The fraction of sp³-hybridized carbons (Fsp3) is 0.455. The molecule has 0 aromatic carbocycles. The highest BCUT2D eigenvalue weighted by molar-refractivity contribution is 5.78. The first kappa shape index (κ1) is 11.9. The number of aromatic nitrogens is 1. The number of pyridine rings is 1. The van der Waals surface area contributed by atoms with Crippen LogP contribution < -0.4 is 0 Å². The van der Waals surface area contributed by atoms with Gasteiger partial charge in [0.2, 0.25) is 0 Å². The van der Waals surface area contributed by atoms with E-state index in [1.165, 1.54) is 12.3 Å². The highest BCUT2D eigenvalue weighted by Crippen LogP contribution is 2.49. The van der Waals surface area contributed by atoms with E-state index in [0.29, 0.717) is 12.8 Å². The molecule has 0 bridgehead atoms. The lowest BCUT2D eigenvalue weighted by molar-refractivity contribution is -0.144. The van der Waals surface area contributed by atoms with Gasteiger partial charge in [-0.05, 0) is 30.9 Å². The Hall–Kier alpha value is -1.59. The number of nitrogens with zero attached hydrogens (tertiary/aromatic N) is 1. The van der Waals surface area contributed by atoms with Crippen LogP contribution in [0.4, 0.5) is 13.2 Å². The third-order valence-electron chi connectivity index (χ3n) is 3.05. The molecule has 1 aromatic heterocycles. The fourth-order valence-corrected chi connectivity index (χ4v) is 1.81. The molecular weight excluding hydrogens is 235 g/mol. The topological polar surface area (TPSA) is 50.2 Å². The maximum Gasteiger partial charge on any atom is 0.418 e. The zero-order valence-electron chi connectivity index (χ0n) is 8.79. The van der Waals surface area contributed by atoms with Crippen molar-refractivity contribution in [3.8, 4) is 0 Å². The Morgan fingerprint density at radius 2 is 2.12 bits per heavy atom. The molecule has 3 nitrogen and oxygen atoms in total. The maximum absolute atomic E-state index is 12.7. The number of hydrogen-bond acceptors (Lipinski definition) is 2. The van der Waals surface area contributed by atoms with Crippen molar-refractivity contribution in [3.63, 3.8) is 0 Å². The van der Waals surface area contributed by atoms with Crippen LogP contribution in [0.1, 0.15) is 24.0 Å². The number of alkyl halides is 3. The fourth-order valence-electron chi connectivity index (χ4n) is 1.81. The van der Waals surface area contributed by atoms with E-state index in [2.05, 4.69) is 4.98 Å². The van der Waals surface area contributed by atoms with Crippen molar-refractivity contribution in [1.29, 1.82) is 0 Å². The normalized spacial score (nSPS) is 17.8. The smallest absolute Gasteiger partial charge is 0.418 e. The molecule has 0 saturated heterocycles. The first-order valence-corrected chi connectivity index (χ1v) is 5.09. The predicted molar refractivity (Wildman–Crippen MR) is 52.2 cm³/mol. The number of carboxylic acids is 1. The van der Waals surface area contributed by atoms with Gasteiger partial charge in [0, 0.05) is 12.4 Å². The molecule has 6 heteroatoms. The van der Waals surface area contributed by atoms with E-state index in [1.54, 1.807) is 0 Å². The number of carbonyl (C=O) groups is 1. The summed E-state index contributed by atoms with van der Waals surface area (Å²) >= 11 is 0. The van der Waals surface area contributed by atoms with Crippen molar-refractivity contribution in [2.24, 2.45) is 5.41 Å². The van der Waals surface area contributed by atoms with Crippen molar-refractivity contribution in [2.75, 3.05) is 0 Å². The molecule has 1 aromatic rings. The largest absolute Gasteiger partial charge is 0.481 e. The van der Waals surface area contributed by atoms with Gasteiger partial charge >= 0.3 is 12.1 Å². The summed E-state index contributed by atoms with van der Waals surface area (Å²) in [5.41, 5.74) is -1.83. The van der Waals surface area contributed by atoms with Crippen LogP contribution in [-0.2, 0) is 17.4 Å². The molecular formula is C11H10F3NO2. The van der Waals surface area contributed by atoms with Crippen molar-refractivity contribution in [1.82, 2.24) is 4.98 Å². The van der Waals surface area contributed by atoms with Gasteiger partial charge in [-0.2, -0.15) is 13.2 Å². The summed E-state index contributed by atoms with van der Waals surface area (Å²) in [6.45, 7) is 0. The molecule has 0 unspecified atom stereocenters. The Balaban J connectivity index is 2.31. The van der Waals surface area contributed by atoms with Crippen LogP contribution in [0.25, 0.3) is 0 Å². The molecule has 0 radical (unpaired) electrons. The van der Waals surface area contributed by atoms with E-state index >= 15 is 0 Å². The van der Waals surface area contributed by atoms with Gasteiger partial charge in [-0.25, -0.2) is 0 Å². The van der Waals surface area contributed by atoms with E-state index in [9.17, 15) is 18.0 Å². The third-order valence-corrected chi connectivity index (χ3v) is 3.05. The Morgan fingerprint density at radius 1 is 1.47 bits per heavy atom. The van der Waals surface area contributed by atoms with Crippen LogP contribution >= 0.6 is 0 Å². The number of aliphatic carboxylic acids is 1. The van der Waals surface area contributed by atoms with E-state index < -0.39 is 23.1 Å². The molecule has 0 atom stereocenters. The predicted octanol–water partition coefficient (Wildman–Crippen LogP) is 2.51. The Bertz CT molecular complexity index is 452. The Kier molecular flexibility index (Phi) is 2.60. The highest BCUT2D eigenvalue weighted by atomic mass is 19.4. The summed E-state index contributed by atoms with van der Waals surface area (Å²) < 4.78 is 38.0. The second-order valence-electron chi connectivity index (χ2n) is 4.29. The standard InChI is InChI=1S/C11H10F3NO2/c12-11(13,14)8-6-15-4-1-7(8)5-10(2-3-10)9(16)17/h1,4,6H,2-3,5H2,(H,16,17). The summed E-state index contributed by atoms with van der Waals surface area (Å²) in [6, 6.07) is 1.24. The maximum atomic E-state index is 12.7. The molecule has 1 saturated carbocycles. The zero-order chi connectivity index (χ0) is 12.7. The molecule has 1 aliphatic rings. The number of carboxylic acid groups (broad SMARTS) is 1. The summed E-state index contributed by atoms with van der Waals surface area (Å²) in [6.07, 6.45) is -1.71. The molecule has 1 N–H and O–H groups in total. The van der Waals surface area contributed by atoms with Gasteiger partial charge in [0.1, 0.15) is 0 Å². The molecule has 0 amide bonds. The van der Waals surface area contributed by atoms with E-state index in [1.807, 2.05) is 0 Å². The average molecular weight is 245 g/mol. The van der Waals surface area contributed by atoms with Crippen molar-refractivity contribution in [2.45, 2.75) is 25.4 Å². The summed E-state index contributed by atoms with van der Waals surface area (Å²) in [5, 5.41) is 8.96. The van der Waals surface area contributed by atoms with Crippen LogP contribution in [0.5, 0.6) is 0 Å². The van der Waals surface area contributed by atoms with Gasteiger partial charge < -0.3 is 5.11 Å². The number of rotatable bonds is 3. The van der Waals surface area contributed by atoms with Gasteiger partial charge in [0.25, 0.3) is 0 Å². The summed E-state index contributed by atoms with van der Waals surface area (Å²) in [7, 11) is 0. The van der Waals surface area contributed by atoms with Crippen molar-refractivity contribution >= 4 is 5.97 Å². The van der Waals surface area contributed by atoms with E-state index in [-0.39, 0.29) is 12.0 Å². The van der Waals surface area contributed by atoms with Gasteiger partial charge in [-0.3, -0.25) is 9.78 Å². The lowest BCUT2D eigenvalue weighted by atomic mass is 9.94. The van der Waals surface area contributed by atoms with Gasteiger partial charge in [0.15, 0.2) is 0 Å². The van der Waals surface area contributed by atoms with Crippen LogP contribution in [0.3, 0.4) is 0 Å². The Labute approximate surface area is 95.3 Å². The first-order chi connectivity index (χ1) is 7.85. The molecule has 2 rings (SSSR count). The molecule has 0 aliphatic heterocycles. The lowest BCUT2D eigenvalue weighted by Gasteiger charge is -2.15. The molecule has 1 heterocycles. The summed E-state index contributed by atoms with van der Waals surface area (Å²) in [4.78, 5) is 14.4. The SMILES string of the molecule is O=C(O)C1(Cc2ccncc2C(F)(F)F)CC1. The van der Waals surface area contributed by atoms with Crippen molar-refractivity contribution < 1.29 is 23.1 Å². The molecule has 0 spiro atoms. The van der Waals surface area contributed by atoms with Gasteiger partial charge in [-0.15, -0.1) is 0 Å². The van der Waals surface area contributed by atoms with E-state index in [0.717, 1.165) is 6.20 Å². The molecule has 17 heavy (non-hydrogen) atoms. The number of hydrogen-bond donors (Lipinski definition) is 1. The third kappa shape index (κ3) is 2.25. The highest BCUT2D eigenvalue weighted by Gasteiger charge is 2.51. The second kappa shape index (κ2) is 3.72. The molecule has 1 fully saturated rings. The average Bonchev–Trinajstić information content (AvgIpc) is 2.98. The zero-order valence-corrected chi connectivity index (χ0v) is 8.79. The number of halogens is 3. The Morgan fingerprint density at radius 3 is 2.59 bits per heavy atom. The lowest BCUT2D eigenvalue weighted by Crippen LogP contribution is -2.20. The monoisotopic (exact) mass is 245 g/mol. The van der Waals surface area contributed by atoms with Crippen LogP contribution in [0, 0.1) is 5.41 Å². The van der Waals surface area contributed by atoms with Crippen LogP contribution in [0.15, 0.2) is 18.5 Å². The minimum absolute atomic E-state index is 0.00685. The molecule has 92 valence electrons. The first-order valence-electron chi connectivity index (χ1n) is 5.09.